The molecule has 2 saturated heterocycles. The Bertz CT molecular complexity index is 1430. The van der Waals surface area contributed by atoms with E-state index < -0.39 is 10.0 Å². The van der Waals surface area contributed by atoms with Gasteiger partial charge in [-0.3, -0.25) is 9.69 Å². The Morgan fingerprint density at radius 3 is 2.30 bits per heavy atom. The quantitative estimate of drug-likeness (QED) is 0.390. The smallest absolute Gasteiger partial charge is 0.248 e. The van der Waals surface area contributed by atoms with Gasteiger partial charge in [0.1, 0.15) is 5.69 Å². The Labute approximate surface area is 237 Å². The van der Waals surface area contributed by atoms with Crippen LogP contribution >= 0.6 is 0 Å². The molecule has 0 unspecified atom stereocenters. The van der Waals surface area contributed by atoms with Gasteiger partial charge in [-0.2, -0.15) is 4.31 Å². The molecule has 8 nitrogen and oxygen atoms in total. The summed E-state index contributed by atoms with van der Waals surface area (Å²) in [6, 6.07) is 16.0. The molecule has 2 aromatic carbocycles. The molecule has 0 atom stereocenters. The minimum Gasteiger partial charge on any atom is -0.355 e. The number of nitrogens with zero attached hydrogens (tertiary/aromatic N) is 3. The zero-order valence-corrected chi connectivity index (χ0v) is 24.1. The van der Waals surface area contributed by atoms with Gasteiger partial charge in [0.25, 0.3) is 0 Å². The Morgan fingerprint density at radius 2 is 1.62 bits per heavy atom. The SMILES string of the molecule is Cc1ccc(C=Cc2onc(C)c2S(=O)(=O)N2CCC(C(=O)Nc3ccc(CN4CCCCC4)cc3)CC2)cc1. The molecule has 0 spiro atoms. The molecule has 212 valence electrons. The maximum absolute atomic E-state index is 13.6. The second kappa shape index (κ2) is 12.5. The van der Waals surface area contributed by atoms with Gasteiger partial charge in [-0.1, -0.05) is 59.6 Å². The third-order valence-electron chi connectivity index (χ3n) is 7.84. The first-order valence-electron chi connectivity index (χ1n) is 14.1. The highest BCUT2D eigenvalue weighted by atomic mass is 32.2. The lowest BCUT2D eigenvalue weighted by Crippen LogP contribution is -2.41. The van der Waals surface area contributed by atoms with E-state index >= 15 is 0 Å². The molecule has 0 radical (unpaired) electrons. The Morgan fingerprint density at radius 1 is 0.950 bits per heavy atom. The van der Waals surface area contributed by atoms with Crippen molar-refractivity contribution in [3.63, 3.8) is 0 Å². The van der Waals surface area contributed by atoms with Gasteiger partial charge < -0.3 is 9.84 Å². The molecule has 2 fully saturated rings. The molecule has 0 aliphatic carbocycles. The van der Waals surface area contributed by atoms with Crippen molar-refractivity contribution in [2.75, 3.05) is 31.5 Å². The summed E-state index contributed by atoms with van der Waals surface area (Å²) >= 11 is 0. The first kappa shape index (κ1) is 28.3. The lowest BCUT2D eigenvalue weighted by atomic mass is 9.97. The molecule has 5 rings (SSSR count). The first-order valence-corrected chi connectivity index (χ1v) is 15.6. The summed E-state index contributed by atoms with van der Waals surface area (Å²) in [7, 11) is -3.83. The average molecular weight is 563 g/mol. The van der Waals surface area contributed by atoms with E-state index in [1.807, 2.05) is 49.4 Å². The van der Waals surface area contributed by atoms with E-state index in [9.17, 15) is 13.2 Å². The van der Waals surface area contributed by atoms with Gasteiger partial charge in [0.05, 0.1) is 0 Å². The number of nitrogens with one attached hydrogen (secondary N) is 1. The maximum Gasteiger partial charge on any atom is 0.248 e. The second-order valence-electron chi connectivity index (χ2n) is 10.9. The highest BCUT2D eigenvalue weighted by Gasteiger charge is 2.36. The first-order chi connectivity index (χ1) is 19.3. The van der Waals surface area contributed by atoms with Crippen LogP contribution in [-0.2, 0) is 21.4 Å². The summed E-state index contributed by atoms with van der Waals surface area (Å²) in [6.07, 6.45) is 8.22. The van der Waals surface area contributed by atoms with Crippen LogP contribution in [-0.4, -0.2) is 54.9 Å². The number of hydrogen-bond acceptors (Lipinski definition) is 6. The fourth-order valence-corrected chi connectivity index (χ4v) is 7.17. The molecular weight excluding hydrogens is 524 g/mol. The lowest BCUT2D eigenvalue weighted by molar-refractivity contribution is -0.120. The molecule has 40 heavy (non-hydrogen) atoms. The van der Waals surface area contributed by atoms with Crippen LogP contribution in [0.1, 0.15) is 60.2 Å². The third kappa shape index (κ3) is 6.71. The summed E-state index contributed by atoms with van der Waals surface area (Å²) in [5, 5.41) is 6.96. The number of likely N-dealkylation sites (tertiary alicyclic amines) is 1. The number of amides is 1. The largest absolute Gasteiger partial charge is 0.355 e. The number of piperidine rings is 2. The Hall–Kier alpha value is -3.27. The van der Waals surface area contributed by atoms with Crippen molar-refractivity contribution in [1.82, 2.24) is 14.4 Å². The normalized spacial score (nSPS) is 17.9. The maximum atomic E-state index is 13.6. The van der Waals surface area contributed by atoms with Crippen molar-refractivity contribution in [2.24, 2.45) is 5.92 Å². The van der Waals surface area contributed by atoms with Crippen molar-refractivity contribution in [3.05, 3.63) is 76.7 Å². The van der Waals surface area contributed by atoms with Gasteiger partial charge in [0.2, 0.25) is 15.9 Å². The molecule has 3 aromatic rings. The van der Waals surface area contributed by atoms with E-state index in [0.717, 1.165) is 36.4 Å². The molecule has 1 amide bonds. The van der Waals surface area contributed by atoms with Crippen LogP contribution in [0.2, 0.25) is 0 Å². The van der Waals surface area contributed by atoms with Gasteiger partial charge in [0, 0.05) is 31.2 Å². The highest BCUT2D eigenvalue weighted by Crippen LogP contribution is 2.30. The molecule has 2 aliphatic rings. The summed E-state index contributed by atoms with van der Waals surface area (Å²) in [4.78, 5) is 15.5. The number of benzene rings is 2. The molecule has 1 aromatic heterocycles. The van der Waals surface area contributed by atoms with Crippen LogP contribution in [0.15, 0.2) is 57.9 Å². The summed E-state index contributed by atoms with van der Waals surface area (Å²) in [6.45, 7) is 7.42. The van der Waals surface area contributed by atoms with Crippen LogP contribution < -0.4 is 5.32 Å². The van der Waals surface area contributed by atoms with Crippen LogP contribution in [0.3, 0.4) is 0 Å². The zero-order valence-electron chi connectivity index (χ0n) is 23.3. The van der Waals surface area contributed by atoms with E-state index in [2.05, 4.69) is 27.5 Å². The Kier molecular flexibility index (Phi) is 8.83. The van der Waals surface area contributed by atoms with Crippen molar-refractivity contribution in [2.45, 2.75) is 57.4 Å². The predicted octanol–water partition coefficient (Wildman–Crippen LogP) is 5.49. The van der Waals surface area contributed by atoms with Crippen molar-refractivity contribution in [3.8, 4) is 0 Å². The highest BCUT2D eigenvalue weighted by molar-refractivity contribution is 7.89. The monoisotopic (exact) mass is 562 g/mol. The van der Waals surface area contributed by atoms with Crippen LogP contribution in [0, 0.1) is 19.8 Å². The molecule has 0 saturated carbocycles. The lowest BCUT2D eigenvalue weighted by Gasteiger charge is -2.30. The summed E-state index contributed by atoms with van der Waals surface area (Å²) in [5.74, 6) is -0.102. The van der Waals surface area contributed by atoms with E-state index in [-0.39, 0.29) is 35.6 Å². The predicted molar refractivity (Wildman–Crippen MR) is 157 cm³/mol. The molecule has 3 heterocycles. The average Bonchev–Trinajstić information content (AvgIpc) is 3.35. The fraction of sp³-hybridized carbons (Fsp3) is 0.419. The molecular formula is C31H38N4O4S. The number of carbonyl (C=O) groups is 1. The van der Waals surface area contributed by atoms with Gasteiger partial charge in [-0.25, -0.2) is 8.42 Å². The minimum atomic E-state index is -3.83. The molecule has 2 aliphatic heterocycles. The van der Waals surface area contributed by atoms with Crippen LogP contribution in [0.5, 0.6) is 0 Å². The van der Waals surface area contributed by atoms with E-state index in [1.165, 1.54) is 29.1 Å². The van der Waals surface area contributed by atoms with Gasteiger partial charge in [-0.15, -0.1) is 0 Å². The molecule has 9 heteroatoms. The molecule has 0 bridgehead atoms. The van der Waals surface area contributed by atoms with E-state index in [4.69, 9.17) is 4.52 Å². The fourth-order valence-electron chi connectivity index (χ4n) is 5.45. The Balaban J connectivity index is 1.17. The minimum absolute atomic E-state index is 0.0660. The second-order valence-corrected chi connectivity index (χ2v) is 12.8. The van der Waals surface area contributed by atoms with Crippen molar-refractivity contribution >= 4 is 33.8 Å². The van der Waals surface area contributed by atoms with Crippen molar-refractivity contribution in [1.29, 1.82) is 0 Å². The summed E-state index contributed by atoms with van der Waals surface area (Å²) < 4.78 is 34.0. The van der Waals surface area contributed by atoms with Crippen LogP contribution in [0.25, 0.3) is 12.2 Å². The number of anilines is 1. The number of carbonyl (C=O) groups excluding carboxylic acids is 1. The molecule has 1 N–H and O–H groups in total. The van der Waals surface area contributed by atoms with E-state index in [0.29, 0.717) is 18.5 Å². The number of aromatic nitrogens is 1. The van der Waals surface area contributed by atoms with Gasteiger partial charge in [0.15, 0.2) is 10.7 Å². The number of rotatable bonds is 8. The van der Waals surface area contributed by atoms with Gasteiger partial charge in [-0.05, 0) is 82.0 Å². The standard InChI is InChI=1S/C31H38N4O4S/c1-23-6-8-25(9-7-23)12-15-29-30(24(2)33-39-29)40(37,38)35-20-16-27(17-21-35)31(36)32-28-13-10-26(11-14-28)22-34-18-4-3-5-19-34/h6-15,27H,3-5,16-22H2,1-2H3,(H,32,36). The van der Waals surface area contributed by atoms with Crippen molar-refractivity contribution < 1.29 is 17.7 Å². The summed E-state index contributed by atoms with van der Waals surface area (Å²) in [5.41, 5.74) is 4.43. The van der Waals surface area contributed by atoms with Crippen LogP contribution in [0.4, 0.5) is 5.69 Å². The topological polar surface area (TPSA) is 95.8 Å². The van der Waals surface area contributed by atoms with Gasteiger partial charge >= 0.3 is 0 Å². The zero-order chi connectivity index (χ0) is 28.1. The number of aryl methyl sites for hydroxylation is 2. The number of hydrogen-bond donors (Lipinski definition) is 1. The third-order valence-corrected chi connectivity index (χ3v) is 9.89. The number of sulfonamides is 1. The van der Waals surface area contributed by atoms with E-state index in [1.54, 1.807) is 13.0 Å².